The normalized spacial score (nSPS) is 14.1. The quantitative estimate of drug-likeness (QED) is 0.383. The molecule has 3 radical (unpaired) electrons. The lowest BCUT2D eigenvalue weighted by Gasteiger charge is -2.01. The second kappa shape index (κ2) is 4.30. The minimum Gasteiger partial charge on any atom is -0.318 e. The molecule has 0 fully saturated rings. The number of rotatable bonds is 3. The molecule has 0 rings (SSSR count). The van der Waals surface area contributed by atoms with Crippen LogP contribution in [0.5, 0.6) is 0 Å². The standard InChI is InChI=1S/C4H11N2Si/c1-4(7)2-6-3-5/h4,6H,2-3,5H2,1H3. The van der Waals surface area contributed by atoms with Crippen LogP contribution in [0.25, 0.3) is 0 Å². The summed E-state index contributed by atoms with van der Waals surface area (Å²) in [5.41, 5.74) is 5.66. The van der Waals surface area contributed by atoms with E-state index in [-0.39, 0.29) is 0 Å². The Morgan fingerprint density at radius 3 is 2.57 bits per heavy atom. The van der Waals surface area contributed by atoms with Gasteiger partial charge in [0.05, 0.1) is 0 Å². The summed E-state index contributed by atoms with van der Waals surface area (Å²) in [6.07, 6.45) is 0. The van der Waals surface area contributed by atoms with Crippen LogP contribution in [-0.4, -0.2) is 23.5 Å². The third kappa shape index (κ3) is 6.14. The fourth-order valence-corrected chi connectivity index (χ4v) is 0.444. The Labute approximate surface area is 47.9 Å². The highest BCUT2D eigenvalue weighted by Crippen LogP contribution is 1.87. The molecule has 3 N–H and O–H groups in total. The van der Waals surface area contributed by atoms with Gasteiger partial charge in [-0.1, -0.05) is 6.92 Å². The summed E-state index contributed by atoms with van der Waals surface area (Å²) in [7, 11) is 3.40. The second-order valence-electron chi connectivity index (χ2n) is 1.56. The molecule has 2 nitrogen and oxygen atoms in total. The Morgan fingerprint density at radius 1 is 1.86 bits per heavy atom. The fourth-order valence-electron chi connectivity index (χ4n) is 0.300. The lowest BCUT2D eigenvalue weighted by molar-refractivity contribution is 0.688. The van der Waals surface area contributed by atoms with Crippen LogP contribution < -0.4 is 11.1 Å². The van der Waals surface area contributed by atoms with Crippen LogP contribution >= 0.6 is 0 Å². The Balaban J connectivity index is 2.68. The maximum atomic E-state index is 5.14. The van der Waals surface area contributed by atoms with Crippen LogP contribution in [0, 0.1) is 0 Å². The SMILES string of the molecule is CC([Si])CNCN. The lowest BCUT2D eigenvalue weighted by atomic mass is 10.5. The predicted octanol–water partition coefficient (Wildman–Crippen LogP) is -0.531. The second-order valence-corrected chi connectivity index (χ2v) is 2.54. The van der Waals surface area contributed by atoms with E-state index in [0.29, 0.717) is 12.2 Å². The molecule has 41 valence electrons. The molecule has 0 aromatic carbocycles. The molecule has 3 heteroatoms. The molecule has 0 saturated carbocycles. The summed E-state index contributed by atoms with van der Waals surface area (Å²) < 4.78 is 0. The first kappa shape index (κ1) is 7.14. The fraction of sp³-hybridized carbons (Fsp3) is 1.00. The van der Waals surface area contributed by atoms with E-state index in [1.807, 2.05) is 0 Å². The van der Waals surface area contributed by atoms with E-state index in [1.54, 1.807) is 0 Å². The van der Waals surface area contributed by atoms with Crippen molar-refractivity contribution in [2.75, 3.05) is 13.2 Å². The van der Waals surface area contributed by atoms with Crippen molar-refractivity contribution in [3.8, 4) is 0 Å². The Hall–Kier alpha value is 0.137. The van der Waals surface area contributed by atoms with Gasteiger partial charge in [-0.05, 0) is 12.1 Å². The summed E-state index contributed by atoms with van der Waals surface area (Å²) in [5, 5.41) is 2.98. The van der Waals surface area contributed by atoms with Crippen molar-refractivity contribution in [3.05, 3.63) is 0 Å². The number of nitrogens with one attached hydrogen (secondary N) is 1. The molecule has 0 amide bonds. The van der Waals surface area contributed by atoms with Gasteiger partial charge < -0.3 is 11.1 Å². The largest absolute Gasteiger partial charge is 0.318 e. The van der Waals surface area contributed by atoms with Gasteiger partial charge in [-0.2, -0.15) is 0 Å². The van der Waals surface area contributed by atoms with E-state index >= 15 is 0 Å². The highest BCUT2D eigenvalue weighted by molar-refractivity contribution is 6.11. The molecule has 0 spiro atoms. The molecule has 0 aliphatic rings. The van der Waals surface area contributed by atoms with E-state index in [0.717, 1.165) is 6.54 Å². The van der Waals surface area contributed by atoms with Gasteiger partial charge in [-0.15, -0.1) is 0 Å². The summed E-state index contributed by atoms with van der Waals surface area (Å²) in [5.74, 6) is 0. The molecule has 1 atom stereocenters. The maximum absolute atomic E-state index is 5.14. The van der Waals surface area contributed by atoms with Crippen LogP contribution in [0.15, 0.2) is 0 Å². The highest BCUT2D eigenvalue weighted by atomic mass is 28.1. The van der Waals surface area contributed by atoms with Crippen LogP contribution in [0.2, 0.25) is 5.54 Å². The first-order valence-electron chi connectivity index (χ1n) is 2.39. The number of hydrogen-bond acceptors (Lipinski definition) is 2. The predicted molar refractivity (Wildman–Crippen MR) is 32.2 cm³/mol. The molecule has 7 heavy (non-hydrogen) atoms. The molecule has 0 aliphatic carbocycles. The van der Waals surface area contributed by atoms with Crippen LogP contribution in [-0.2, 0) is 0 Å². The first-order chi connectivity index (χ1) is 3.27. The Kier molecular flexibility index (Phi) is 4.38. The monoisotopic (exact) mass is 115 g/mol. The van der Waals surface area contributed by atoms with Crippen LogP contribution in [0.3, 0.4) is 0 Å². The molecule has 0 saturated heterocycles. The van der Waals surface area contributed by atoms with Gasteiger partial charge in [-0.3, -0.25) is 0 Å². The van der Waals surface area contributed by atoms with E-state index < -0.39 is 0 Å². The number of hydrogen-bond donors (Lipinski definition) is 2. The van der Waals surface area contributed by atoms with E-state index in [1.165, 1.54) is 0 Å². The Bertz CT molecular complexity index is 38.7. The summed E-state index contributed by atoms with van der Waals surface area (Å²) >= 11 is 0. The Morgan fingerprint density at radius 2 is 2.43 bits per heavy atom. The molecule has 0 heterocycles. The molecule has 0 aromatic heterocycles. The molecule has 0 aliphatic heterocycles. The average Bonchev–Trinajstić information content (AvgIpc) is 1.61. The maximum Gasteiger partial charge on any atom is 0.0428 e. The van der Waals surface area contributed by atoms with E-state index in [9.17, 15) is 0 Å². The van der Waals surface area contributed by atoms with Crippen molar-refractivity contribution in [2.45, 2.75) is 12.5 Å². The van der Waals surface area contributed by atoms with Gasteiger partial charge in [0.25, 0.3) is 0 Å². The molecule has 0 bridgehead atoms. The van der Waals surface area contributed by atoms with E-state index in [2.05, 4.69) is 22.5 Å². The lowest BCUT2D eigenvalue weighted by Crippen LogP contribution is -2.25. The smallest absolute Gasteiger partial charge is 0.0428 e. The highest BCUT2D eigenvalue weighted by Gasteiger charge is 1.87. The zero-order valence-electron chi connectivity index (χ0n) is 4.57. The summed E-state index contributed by atoms with van der Waals surface area (Å²) in [6.45, 7) is 3.57. The van der Waals surface area contributed by atoms with Crippen molar-refractivity contribution < 1.29 is 0 Å². The number of nitrogens with two attached hydrogens (primary N) is 1. The van der Waals surface area contributed by atoms with Crippen molar-refractivity contribution in [2.24, 2.45) is 5.73 Å². The summed E-state index contributed by atoms with van der Waals surface area (Å²) in [4.78, 5) is 0. The minimum absolute atomic E-state index is 0.517. The van der Waals surface area contributed by atoms with Gasteiger partial charge in [0.2, 0.25) is 0 Å². The first-order valence-corrected chi connectivity index (χ1v) is 2.97. The van der Waals surface area contributed by atoms with Crippen molar-refractivity contribution in [1.29, 1.82) is 0 Å². The van der Waals surface area contributed by atoms with Gasteiger partial charge in [-0.25, -0.2) is 0 Å². The van der Waals surface area contributed by atoms with Crippen LogP contribution in [0.4, 0.5) is 0 Å². The topological polar surface area (TPSA) is 38.0 Å². The third-order valence-corrected chi connectivity index (χ3v) is 0.799. The van der Waals surface area contributed by atoms with Gasteiger partial charge in [0.1, 0.15) is 0 Å². The van der Waals surface area contributed by atoms with Gasteiger partial charge in [0.15, 0.2) is 0 Å². The van der Waals surface area contributed by atoms with Crippen molar-refractivity contribution in [1.82, 2.24) is 5.32 Å². The molecule has 0 aromatic rings. The third-order valence-electron chi connectivity index (χ3n) is 0.595. The van der Waals surface area contributed by atoms with Gasteiger partial charge in [0, 0.05) is 16.9 Å². The zero-order valence-corrected chi connectivity index (χ0v) is 5.57. The molecular weight excluding hydrogens is 104 g/mol. The van der Waals surface area contributed by atoms with Crippen LogP contribution in [0.1, 0.15) is 6.92 Å². The van der Waals surface area contributed by atoms with Crippen molar-refractivity contribution >= 4 is 10.2 Å². The van der Waals surface area contributed by atoms with Crippen molar-refractivity contribution in [3.63, 3.8) is 0 Å². The molecular formula is C4H11N2Si. The minimum atomic E-state index is 0.517. The van der Waals surface area contributed by atoms with Gasteiger partial charge >= 0.3 is 0 Å². The molecule has 1 unspecified atom stereocenters. The average molecular weight is 115 g/mol. The zero-order chi connectivity index (χ0) is 5.70. The summed E-state index contributed by atoms with van der Waals surface area (Å²) in [6, 6.07) is 0. The van der Waals surface area contributed by atoms with E-state index in [4.69, 9.17) is 5.73 Å².